The number of hydrogen-bond donors (Lipinski definition) is 1. The first-order valence-electron chi connectivity index (χ1n) is 6.84. The molecule has 0 aromatic carbocycles. The summed E-state index contributed by atoms with van der Waals surface area (Å²) >= 11 is 0. The van der Waals surface area contributed by atoms with Crippen LogP contribution in [0.25, 0.3) is 0 Å². The quantitative estimate of drug-likeness (QED) is 0.874. The fourth-order valence-electron chi connectivity index (χ4n) is 3.14. The summed E-state index contributed by atoms with van der Waals surface area (Å²) < 4.78 is 0. The van der Waals surface area contributed by atoms with Crippen molar-refractivity contribution in [2.75, 3.05) is 18.0 Å². The highest BCUT2D eigenvalue weighted by Crippen LogP contribution is 2.29. The van der Waals surface area contributed by atoms with E-state index < -0.39 is 0 Å². The van der Waals surface area contributed by atoms with Crippen LogP contribution in [0.1, 0.15) is 37.1 Å². The van der Waals surface area contributed by atoms with Crippen LogP contribution in [0.3, 0.4) is 0 Å². The summed E-state index contributed by atoms with van der Waals surface area (Å²) in [4.78, 5) is 7.01. The minimum absolute atomic E-state index is 0.0771. The number of aromatic nitrogens is 1. The molecule has 1 aliphatic heterocycles. The third-order valence-electron chi connectivity index (χ3n) is 3.78. The molecule has 1 aromatic heterocycles. The lowest BCUT2D eigenvalue weighted by molar-refractivity contribution is 0.279. The molecule has 100 valence electrons. The molecular formula is C15H24N2O. The van der Waals surface area contributed by atoms with Crippen molar-refractivity contribution < 1.29 is 5.11 Å². The molecule has 3 heteroatoms. The Balaban J connectivity index is 2.37. The second-order valence-electron chi connectivity index (χ2n) is 5.89. The Morgan fingerprint density at radius 1 is 1.28 bits per heavy atom. The molecule has 0 radical (unpaired) electrons. The second kappa shape index (κ2) is 5.27. The third-order valence-corrected chi connectivity index (χ3v) is 3.78. The molecule has 1 aliphatic rings. The monoisotopic (exact) mass is 248 g/mol. The Morgan fingerprint density at radius 2 is 1.89 bits per heavy atom. The lowest BCUT2D eigenvalue weighted by Gasteiger charge is -2.37. The molecule has 3 nitrogen and oxygen atoms in total. The number of piperidine rings is 1. The molecule has 0 saturated carbocycles. The second-order valence-corrected chi connectivity index (χ2v) is 5.89. The summed E-state index contributed by atoms with van der Waals surface area (Å²) in [6, 6.07) is 2.05. The number of pyridine rings is 1. The van der Waals surface area contributed by atoms with Gasteiger partial charge in [-0.2, -0.15) is 0 Å². The van der Waals surface area contributed by atoms with Crippen LogP contribution >= 0.6 is 0 Å². The van der Waals surface area contributed by atoms with Crippen LogP contribution < -0.4 is 4.90 Å². The van der Waals surface area contributed by atoms with Crippen LogP contribution in [-0.2, 0) is 6.61 Å². The normalized spacial score (nSPS) is 24.4. The fraction of sp³-hybridized carbons (Fsp3) is 0.667. The molecule has 1 N–H and O–H groups in total. The molecule has 18 heavy (non-hydrogen) atoms. The van der Waals surface area contributed by atoms with E-state index in [-0.39, 0.29) is 6.61 Å². The number of aliphatic hydroxyl groups excluding tert-OH is 1. The van der Waals surface area contributed by atoms with Gasteiger partial charge in [-0.15, -0.1) is 0 Å². The number of aryl methyl sites for hydroxylation is 2. The Labute approximate surface area is 110 Å². The van der Waals surface area contributed by atoms with Crippen LogP contribution in [0.4, 0.5) is 5.82 Å². The molecule has 2 atom stereocenters. The third kappa shape index (κ3) is 2.66. The summed E-state index contributed by atoms with van der Waals surface area (Å²) in [6.45, 7) is 10.8. The van der Waals surface area contributed by atoms with E-state index in [2.05, 4.69) is 30.7 Å². The van der Waals surface area contributed by atoms with Gasteiger partial charge < -0.3 is 10.0 Å². The van der Waals surface area contributed by atoms with Crippen molar-refractivity contribution in [2.45, 2.75) is 40.7 Å². The average molecular weight is 248 g/mol. The maximum Gasteiger partial charge on any atom is 0.134 e. The summed E-state index contributed by atoms with van der Waals surface area (Å²) in [5.41, 5.74) is 3.17. The highest BCUT2D eigenvalue weighted by atomic mass is 16.3. The molecule has 0 amide bonds. The van der Waals surface area contributed by atoms with Gasteiger partial charge >= 0.3 is 0 Å². The minimum atomic E-state index is 0.0771. The van der Waals surface area contributed by atoms with E-state index >= 15 is 0 Å². The number of nitrogens with zero attached hydrogens (tertiary/aromatic N) is 2. The molecule has 2 rings (SSSR count). The van der Waals surface area contributed by atoms with Crippen LogP contribution in [0, 0.1) is 25.7 Å². The zero-order valence-electron chi connectivity index (χ0n) is 11.9. The highest BCUT2D eigenvalue weighted by Gasteiger charge is 2.25. The SMILES string of the molecule is Cc1cc(C)c(CO)c(N2CC(C)CC(C)C2)n1. The van der Waals surface area contributed by atoms with E-state index in [4.69, 9.17) is 0 Å². The van der Waals surface area contributed by atoms with Crippen LogP contribution in [0.2, 0.25) is 0 Å². The van der Waals surface area contributed by atoms with E-state index in [0.717, 1.165) is 35.7 Å². The number of anilines is 1. The van der Waals surface area contributed by atoms with Crippen molar-refractivity contribution in [1.82, 2.24) is 4.98 Å². The Morgan fingerprint density at radius 3 is 2.44 bits per heavy atom. The van der Waals surface area contributed by atoms with E-state index in [0.29, 0.717) is 11.8 Å². The zero-order chi connectivity index (χ0) is 13.3. The van der Waals surface area contributed by atoms with Crippen LogP contribution in [0.15, 0.2) is 6.07 Å². The molecule has 1 aromatic rings. The van der Waals surface area contributed by atoms with Gasteiger partial charge in [0.25, 0.3) is 0 Å². The van der Waals surface area contributed by atoms with Crippen molar-refractivity contribution >= 4 is 5.82 Å². The van der Waals surface area contributed by atoms with Crippen LogP contribution in [-0.4, -0.2) is 23.2 Å². The smallest absolute Gasteiger partial charge is 0.134 e. The number of hydrogen-bond acceptors (Lipinski definition) is 3. The Hall–Kier alpha value is -1.09. The number of aliphatic hydroxyl groups is 1. The lowest BCUT2D eigenvalue weighted by atomic mass is 9.91. The molecule has 1 saturated heterocycles. The van der Waals surface area contributed by atoms with E-state index in [1.165, 1.54) is 6.42 Å². The fourth-order valence-corrected chi connectivity index (χ4v) is 3.14. The minimum Gasteiger partial charge on any atom is -0.392 e. The molecule has 0 aliphatic carbocycles. The van der Waals surface area contributed by atoms with E-state index in [1.807, 2.05) is 13.0 Å². The maximum absolute atomic E-state index is 9.59. The van der Waals surface area contributed by atoms with Gasteiger partial charge in [-0.25, -0.2) is 4.98 Å². The van der Waals surface area contributed by atoms with Gasteiger partial charge in [-0.3, -0.25) is 0 Å². The largest absolute Gasteiger partial charge is 0.392 e. The molecule has 2 unspecified atom stereocenters. The van der Waals surface area contributed by atoms with Gasteiger partial charge in [-0.05, 0) is 43.7 Å². The van der Waals surface area contributed by atoms with Crippen LogP contribution in [0.5, 0.6) is 0 Å². The van der Waals surface area contributed by atoms with E-state index in [1.54, 1.807) is 0 Å². The predicted octanol–water partition coefficient (Wildman–Crippen LogP) is 2.67. The van der Waals surface area contributed by atoms with E-state index in [9.17, 15) is 5.11 Å². The van der Waals surface area contributed by atoms with Gasteiger partial charge in [0.1, 0.15) is 5.82 Å². The van der Waals surface area contributed by atoms with Gasteiger partial charge in [0.2, 0.25) is 0 Å². The summed E-state index contributed by atoms with van der Waals surface area (Å²) in [6.07, 6.45) is 1.29. The molecule has 2 heterocycles. The molecular weight excluding hydrogens is 224 g/mol. The molecule has 0 bridgehead atoms. The molecule has 1 fully saturated rings. The van der Waals surface area contributed by atoms with Gasteiger partial charge in [0.15, 0.2) is 0 Å². The Bertz CT molecular complexity index is 421. The zero-order valence-corrected chi connectivity index (χ0v) is 11.9. The van der Waals surface area contributed by atoms with Crippen molar-refractivity contribution in [2.24, 2.45) is 11.8 Å². The standard InChI is InChI=1S/C15H24N2O/c1-10-5-11(2)8-17(7-10)15-14(9-18)12(3)6-13(4)16-15/h6,10-11,18H,5,7-9H2,1-4H3. The average Bonchev–Trinajstić information content (AvgIpc) is 2.26. The van der Waals surface area contributed by atoms with Crippen molar-refractivity contribution in [3.63, 3.8) is 0 Å². The summed E-state index contributed by atoms with van der Waals surface area (Å²) in [5, 5.41) is 9.59. The number of rotatable bonds is 2. The first-order valence-corrected chi connectivity index (χ1v) is 6.84. The summed E-state index contributed by atoms with van der Waals surface area (Å²) in [7, 11) is 0. The topological polar surface area (TPSA) is 36.4 Å². The van der Waals surface area contributed by atoms with Crippen molar-refractivity contribution in [3.05, 3.63) is 22.9 Å². The maximum atomic E-state index is 9.59. The predicted molar refractivity (Wildman–Crippen MR) is 74.8 cm³/mol. The van der Waals surface area contributed by atoms with Gasteiger partial charge in [0.05, 0.1) is 6.61 Å². The van der Waals surface area contributed by atoms with Gasteiger partial charge in [0, 0.05) is 24.3 Å². The van der Waals surface area contributed by atoms with Gasteiger partial charge in [-0.1, -0.05) is 13.8 Å². The van der Waals surface area contributed by atoms with Crippen molar-refractivity contribution in [3.8, 4) is 0 Å². The summed E-state index contributed by atoms with van der Waals surface area (Å²) in [5.74, 6) is 2.39. The lowest BCUT2D eigenvalue weighted by Crippen LogP contribution is -2.40. The van der Waals surface area contributed by atoms with Crippen molar-refractivity contribution in [1.29, 1.82) is 0 Å². The molecule has 0 spiro atoms. The Kier molecular flexibility index (Phi) is 3.91. The first kappa shape index (κ1) is 13.3. The first-order chi connectivity index (χ1) is 8.51. The highest BCUT2D eigenvalue weighted by molar-refractivity contribution is 5.51.